The Bertz CT molecular complexity index is 428. The molecule has 1 aliphatic heterocycles. The number of halogens is 1. The maximum absolute atomic E-state index is 11.8. The first kappa shape index (κ1) is 12.1. The van der Waals surface area contributed by atoms with Crippen molar-refractivity contribution in [3.05, 3.63) is 35.1 Å². The van der Waals surface area contributed by atoms with Crippen molar-refractivity contribution in [1.82, 2.24) is 9.88 Å². The Morgan fingerprint density at radius 3 is 2.94 bits per heavy atom. The predicted octanol–water partition coefficient (Wildman–Crippen LogP) is 1.61. The summed E-state index contributed by atoms with van der Waals surface area (Å²) in [7, 11) is 0. The molecule has 0 atom stereocenters. The second-order valence-corrected chi connectivity index (χ2v) is 4.07. The third kappa shape index (κ3) is 3.54. The average molecular weight is 253 g/mol. The Balaban J connectivity index is 1.97. The molecule has 1 aromatic heterocycles. The fourth-order valence-corrected chi connectivity index (χ4v) is 1.76. The standard InChI is InChI=1S/C12H13ClN2O2/c13-11-9-10(3-4-14-11)1-2-12(16)15-5-7-17-8-6-15/h1-4,9H,5-8H2. The Morgan fingerprint density at radius 2 is 2.24 bits per heavy atom. The highest BCUT2D eigenvalue weighted by molar-refractivity contribution is 6.29. The number of nitrogens with zero attached hydrogens (tertiary/aromatic N) is 2. The van der Waals surface area contributed by atoms with E-state index in [4.69, 9.17) is 16.3 Å². The Labute approximate surface area is 105 Å². The fourth-order valence-electron chi connectivity index (χ4n) is 1.58. The van der Waals surface area contributed by atoms with Gasteiger partial charge in [-0.3, -0.25) is 4.79 Å². The molecular formula is C12H13ClN2O2. The summed E-state index contributed by atoms with van der Waals surface area (Å²) in [5.74, 6) is 0.00114. The molecule has 0 spiro atoms. The first-order valence-electron chi connectivity index (χ1n) is 5.42. The molecule has 0 saturated carbocycles. The molecule has 4 nitrogen and oxygen atoms in total. The zero-order valence-electron chi connectivity index (χ0n) is 9.30. The van der Waals surface area contributed by atoms with Gasteiger partial charge in [0.15, 0.2) is 0 Å². The average Bonchev–Trinajstić information content (AvgIpc) is 2.37. The van der Waals surface area contributed by atoms with Crippen molar-refractivity contribution in [2.45, 2.75) is 0 Å². The van der Waals surface area contributed by atoms with Gasteiger partial charge < -0.3 is 9.64 Å². The van der Waals surface area contributed by atoms with Crippen molar-refractivity contribution < 1.29 is 9.53 Å². The molecule has 0 N–H and O–H groups in total. The van der Waals surface area contributed by atoms with E-state index in [2.05, 4.69) is 4.98 Å². The third-order valence-electron chi connectivity index (χ3n) is 2.49. The molecule has 0 aliphatic carbocycles. The molecule has 1 aromatic rings. The zero-order chi connectivity index (χ0) is 12.1. The molecule has 90 valence electrons. The first-order chi connectivity index (χ1) is 8.25. The Hall–Kier alpha value is -1.39. The number of carbonyl (C=O) groups excluding carboxylic acids is 1. The molecule has 5 heteroatoms. The summed E-state index contributed by atoms with van der Waals surface area (Å²) in [6, 6.07) is 3.51. The van der Waals surface area contributed by atoms with Gasteiger partial charge in [0.2, 0.25) is 5.91 Å². The van der Waals surface area contributed by atoms with Gasteiger partial charge in [-0.05, 0) is 23.8 Å². The molecule has 0 bridgehead atoms. The SMILES string of the molecule is O=C(C=Cc1ccnc(Cl)c1)N1CCOCC1. The van der Waals surface area contributed by atoms with Crippen LogP contribution in [0, 0.1) is 0 Å². The smallest absolute Gasteiger partial charge is 0.246 e. The molecule has 1 saturated heterocycles. The molecule has 0 aromatic carbocycles. The van der Waals surface area contributed by atoms with E-state index in [-0.39, 0.29) is 5.91 Å². The highest BCUT2D eigenvalue weighted by atomic mass is 35.5. The summed E-state index contributed by atoms with van der Waals surface area (Å²) in [6.07, 6.45) is 4.91. The summed E-state index contributed by atoms with van der Waals surface area (Å²) >= 11 is 5.75. The second-order valence-electron chi connectivity index (χ2n) is 3.68. The molecule has 1 fully saturated rings. The van der Waals surface area contributed by atoms with Gasteiger partial charge in [0.25, 0.3) is 0 Å². The molecule has 1 aliphatic rings. The summed E-state index contributed by atoms with van der Waals surface area (Å²) in [4.78, 5) is 17.4. The fraction of sp³-hybridized carbons (Fsp3) is 0.333. The van der Waals surface area contributed by atoms with E-state index >= 15 is 0 Å². The van der Waals surface area contributed by atoms with Crippen molar-refractivity contribution in [3.8, 4) is 0 Å². The number of rotatable bonds is 2. The van der Waals surface area contributed by atoms with Crippen LogP contribution in [-0.2, 0) is 9.53 Å². The van der Waals surface area contributed by atoms with Crippen molar-refractivity contribution >= 4 is 23.6 Å². The Kier molecular flexibility index (Phi) is 4.12. The molecule has 1 amide bonds. The van der Waals surface area contributed by atoms with Crippen LogP contribution in [0.3, 0.4) is 0 Å². The molecule has 0 unspecified atom stereocenters. The van der Waals surface area contributed by atoms with Crippen LogP contribution >= 0.6 is 11.6 Å². The largest absolute Gasteiger partial charge is 0.378 e. The number of hydrogen-bond acceptors (Lipinski definition) is 3. The van der Waals surface area contributed by atoms with Crippen LogP contribution < -0.4 is 0 Å². The number of ether oxygens (including phenoxy) is 1. The number of hydrogen-bond donors (Lipinski definition) is 0. The van der Waals surface area contributed by atoms with E-state index in [1.165, 1.54) is 0 Å². The van der Waals surface area contributed by atoms with Crippen molar-refractivity contribution in [3.63, 3.8) is 0 Å². The van der Waals surface area contributed by atoms with Crippen molar-refractivity contribution in [2.75, 3.05) is 26.3 Å². The molecular weight excluding hydrogens is 240 g/mol. The third-order valence-corrected chi connectivity index (χ3v) is 2.70. The first-order valence-corrected chi connectivity index (χ1v) is 5.80. The van der Waals surface area contributed by atoms with E-state index in [1.54, 1.807) is 35.4 Å². The van der Waals surface area contributed by atoms with Gasteiger partial charge in [0.05, 0.1) is 13.2 Å². The Morgan fingerprint density at radius 1 is 1.47 bits per heavy atom. The maximum atomic E-state index is 11.8. The van der Waals surface area contributed by atoms with Crippen LogP contribution in [0.1, 0.15) is 5.56 Å². The highest BCUT2D eigenvalue weighted by Crippen LogP contribution is 2.09. The van der Waals surface area contributed by atoms with Crippen LogP contribution in [0.4, 0.5) is 0 Å². The van der Waals surface area contributed by atoms with E-state index in [1.807, 2.05) is 0 Å². The highest BCUT2D eigenvalue weighted by Gasteiger charge is 2.13. The molecule has 17 heavy (non-hydrogen) atoms. The van der Waals surface area contributed by atoms with Crippen molar-refractivity contribution in [2.24, 2.45) is 0 Å². The summed E-state index contributed by atoms with van der Waals surface area (Å²) in [5.41, 5.74) is 0.867. The number of amides is 1. The van der Waals surface area contributed by atoms with Crippen molar-refractivity contribution in [1.29, 1.82) is 0 Å². The number of aromatic nitrogens is 1. The lowest BCUT2D eigenvalue weighted by molar-refractivity contribution is -0.129. The lowest BCUT2D eigenvalue weighted by Crippen LogP contribution is -2.39. The monoisotopic (exact) mass is 252 g/mol. The van der Waals surface area contributed by atoms with Gasteiger partial charge in [0.1, 0.15) is 5.15 Å². The van der Waals surface area contributed by atoms with Gasteiger partial charge in [-0.15, -0.1) is 0 Å². The minimum atomic E-state index is 0.00114. The van der Waals surface area contributed by atoms with E-state index < -0.39 is 0 Å². The quantitative estimate of drug-likeness (QED) is 0.593. The lowest BCUT2D eigenvalue weighted by atomic mass is 10.2. The van der Waals surface area contributed by atoms with Gasteiger partial charge >= 0.3 is 0 Å². The summed E-state index contributed by atoms with van der Waals surface area (Å²) in [6.45, 7) is 2.53. The normalized spacial score (nSPS) is 16.4. The van der Waals surface area contributed by atoms with E-state index in [0.29, 0.717) is 31.5 Å². The van der Waals surface area contributed by atoms with Crippen LogP contribution in [0.2, 0.25) is 5.15 Å². The summed E-state index contributed by atoms with van der Waals surface area (Å²) in [5, 5.41) is 0.422. The van der Waals surface area contributed by atoms with Gasteiger partial charge in [-0.1, -0.05) is 11.6 Å². The summed E-state index contributed by atoms with van der Waals surface area (Å²) < 4.78 is 5.18. The van der Waals surface area contributed by atoms with Crippen LogP contribution in [0.5, 0.6) is 0 Å². The van der Waals surface area contributed by atoms with Gasteiger partial charge in [0, 0.05) is 25.4 Å². The maximum Gasteiger partial charge on any atom is 0.246 e. The second kappa shape index (κ2) is 5.80. The lowest BCUT2D eigenvalue weighted by Gasteiger charge is -2.25. The number of pyridine rings is 1. The van der Waals surface area contributed by atoms with Gasteiger partial charge in [-0.25, -0.2) is 4.98 Å². The zero-order valence-corrected chi connectivity index (χ0v) is 10.1. The van der Waals surface area contributed by atoms with Crippen LogP contribution in [0.25, 0.3) is 6.08 Å². The van der Waals surface area contributed by atoms with Crippen LogP contribution in [0.15, 0.2) is 24.4 Å². The molecule has 2 heterocycles. The van der Waals surface area contributed by atoms with E-state index in [0.717, 1.165) is 5.56 Å². The minimum absolute atomic E-state index is 0.00114. The predicted molar refractivity (Wildman–Crippen MR) is 65.7 cm³/mol. The van der Waals surface area contributed by atoms with Gasteiger partial charge in [-0.2, -0.15) is 0 Å². The number of morpholine rings is 1. The molecule has 0 radical (unpaired) electrons. The topological polar surface area (TPSA) is 42.4 Å². The molecule has 2 rings (SSSR count). The van der Waals surface area contributed by atoms with Crippen LogP contribution in [-0.4, -0.2) is 42.1 Å². The van der Waals surface area contributed by atoms with E-state index in [9.17, 15) is 4.79 Å². The number of carbonyl (C=O) groups is 1. The minimum Gasteiger partial charge on any atom is -0.378 e.